The Labute approximate surface area is 86.1 Å². The van der Waals surface area contributed by atoms with Crippen molar-refractivity contribution in [2.45, 2.75) is 0 Å². The molecule has 2 heterocycles. The number of rotatable bonds is 0. The second kappa shape index (κ2) is 2.49. The number of anilines is 2. The Bertz CT molecular complexity index is 560. The fraction of sp³-hybridized carbons (Fsp3) is 0. The number of hydrogen-bond acceptors (Lipinski definition) is 7. The van der Waals surface area contributed by atoms with Crippen LogP contribution in [0.3, 0.4) is 0 Å². The zero-order valence-corrected chi connectivity index (χ0v) is 8.39. The number of aromatic nitrogens is 2. The highest BCUT2D eigenvalue weighted by molar-refractivity contribution is 7.58. The first kappa shape index (κ1) is 7.83. The highest BCUT2D eigenvalue weighted by Gasteiger charge is 2.20. The lowest BCUT2D eigenvalue weighted by molar-refractivity contribution is 1.53. The Morgan fingerprint density at radius 1 is 0.857 bits per heavy atom. The van der Waals surface area contributed by atoms with Crippen LogP contribution in [0.4, 0.5) is 22.7 Å². The summed E-state index contributed by atoms with van der Waals surface area (Å²) >= 11 is 2.17. The van der Waals surface area contributed by atoms with Crippen molar-refractivity contribution in [1.82, 2.24) is 8.75 Å². The zero-order chi connectivity index (χ0) is 9.71. The molecule has 0 spiro atoms. The molecule has 0 saturated carbocycles. The van der Waals surface area contributed by atoms with Gasteiger partial charge >= 0.3 is 0 Å². The van der Waals surface area contributed by atoms with Gasteiger partial charge in [0.2, 0.25) is 0 Å². The normalized spacial score (nSPS) is 13.1. The highest BCUT2D eigenvalue weighted by Crippen LogP contribution is 2.46. The van der Waals surface area contributed by atoms with E-state index in [2.05, 4.69) is 17.5 Å². The van der Waals surface area contributed by atoms with Crippen LogP contribution in [0.2, 0.25) is 0 Å². The van der Waals surface area contributed by atoms with Crippen molar-refractivity contribution in [1.29, 1.82) is 0 Å². The molecule has 0 bridgehead atoms. The average molecular weight is 224 g/mol. The number of nitrogens with zero attached hydrogens (tertiary/aromatic N) is 4. The Kier molecular flexibility index (Phi) is 1.39. The van der Waals surface area contributed by atoms with Crippen LogP contribution in [-0.2, 0) is 11.4 Å². The van der Waals surface area contributed by atoms with E-state index in [4.69, 9.17) is 11.5 Å². The summed E-state index contributed by atoms with van der Waals surface area (Å²) in [7, 11) is 0. The first-order valence-corrected chi connectivity index (χ1v) is 5.16. The smallest absolute Gasteiger partial charge is 0.132 e. The molecule has 1 aliphatic rings. The standard InChI is InChI=1S/C6H4N6S2/c7-1-3-5(11-13-9-3)2(8)6-4(1)10-14-12-6/h7-8H2. The topological polar surface area (TPSA) is 103 Å². The van der Waals surface area contributed by atoms with Crippen molar-refractivity contribution >= 4 is 56.9 Å². The van der Waals surface area contributed by atoms with E-state index in [1.165, 1.54) is 0 Å². The predicted molar refractivity (Wildman–Crippen MR) is 57.8 cm³/mol. The SMILES string of the molecule is Nc1c2c(c(N)c3nsnc13)N=S=N2. The highest BCUT2D eigenvalue weighted by atomic mass is 32.1. The third-order valence-corrected chi connectivity index (χ3v) is 3.05. The van der Waals surface area contributed by atoms with E-state index in [1.807, 2.05) is 0 Å². The Morgan fingerprint density at radius 2 is 1.36 bits per heavy atom. The van der Waals surface area contributed by atoms with E-state index >= 15 is 0 Å². The third-order valence-electron chi connectivity index (χ3n) is 2.00. The summed E-state index contributed by atoms with van der Waals surface area (Å²) in [6.45, 7) is 0. The predicted octanol–water partition coefficient (Wildman–Crippen LogP) is 1.58. The van der Waals surface area contributed by atoms with E-state index in [0.717, 1.165) is 23.1 Å². The molecule has 0 fully saturated rings. The van der Waals surface area contributed by atoms with Crippen molar-refractivity contribution < 1.29 is 0 Å². The molecular formula is C6H4N6S2. The fourth-order valence-electron chi connectivity index (χ4n) is 1.31. The molecule has 2 aromatic rings. The van der Waals surface area contributed by atoms with Crippen LogP contribution >= 0.6 is 11.7 Å². The van der Waals surface area contributed by atoms with Crippen molar-refractivity contribution in [2.24, 2.45) is 8.73 Å². The van der Waals surface area contributed by atoms with Crippen molar-refractivity contribution in [3.05, 3.63) is 0 Å². The van der Waals surface area contributed by atoms with Gasteiger partial charge in [0.25, 0.3) is 0 Å². The minimum Gasteiger partial charge on any atom is -0.395 e. The van der Waals surface area contributed by atoms with Crippen LogP contribution in [0.15, 0.2) is 8.73 Å². The third kappa shape index (κ3) is 0.788. The van der Waals surface area contributed by atoms with Crippen LogP contribution in [0, 0.1) is 0 Å². The molecule has 0 amide bonds. The molecule has 4 N–H and O–H groups in total. The monoisotopic (exact) mass is 224 g/mol. The van der Waals surface area contributed by atoms with E-state index in [1.54, 1.807) is 0 Å². The van der Waals surface area contributed by atoms with E-state index in [9.17, 15) is 0 Å². The number of fused-ring (bicyclic) bond motifs is 2. The molecule has 0 radical (unpaired) electrons. The van der Waals surface area contributed by atoms with E-state index in [-0.39, 0.29) is 0 Å². The summed E-state index contributed by atoms with van der Waals surface area (Å²) in [5.74, 6) is 0. The molecule has 3 rings (SSSR count). The maximum absolute atomic E-state index is 5.87. The van der Waals surface area contributed by atoms with Gasteiger partial charge in [-0.15, -0.1) is 0 Å². The van der Waals surface area contributed by atoms with Crippen LogP contribution < -0.4 is 11.5 Å². The summed E-state index contributed by atoms with van der Waals surface area (Å²) in [5.41, 5.74) is 15.2. The minimum atomic E-state index is 0.506. The Balaban J connectivity index is 2.59. The first-order chi connectivity index (χ1) is 6.79. The number of nitrogens with two attached hydrogens (primary N) is 2. The number of benzene rings is 1. The Morgan fingerprint density at radius 3 is 1.86 bits per heavy atom. The minimum absolute atomic E-state index is 0.506. The molecule has 8 heteroatoms. The lowest BCUT2D eigenvalue weighted by Crippen LogP contribution is -1.93. The second-order valence-electron chi connectivity index (χ2n) is 2.75. The average Bonchev–Trinajstić information content (AvgIpc) is 2.82. The van der Waals surface area contributed by atoms with Crippen molar-refractivity contribution in [2.75, 3.05) is 11.5 Å². The summed E-state index contributed by atoms with van der Waals surface area (Å²) in [4.78, 5) is 0. The first-order valence-electron chi connectivity index (χ1n) is 3.70. The molecule has 70 valence electrons. The van der Waals surface area contributed by atoms with Crippen molar-refractivity contribution in [3.63, 3.8) is 0 Å². The number of hydrogen-bond donors (Lipinski definition) is 2. The van der Waals surface area contributed by atoms with Gasteiger partial charge in [-0.2, -0.15) is 17.5 Å². The van der Waals surface area contributed by atoms with Crippen LogP contribution in [-0.4, -0.2) is 8.75 Å². The molecule has 0 saturated heterocycles. The molecule has 1 aliphatic heterocycles. The van der Waals surface area contributed by atoms with Gasteiger partial charge in [0.15, 0.2) is 0 Å². The van der Waals surface area contributed by atoms with Gasteiger partial charge in [0.05, 0.1) is 34.5 Å². The summed E-state index contributed by atoms with van der Waals surface area (Å²) < 4.78 is 16.3. The molecule has 1 aromatic heterocycles. The molecule has 1 aromatic carbocycles. The number of nitrogen functional groups attached to an aromatic ring is 2. The van der Waals surface area contributed by atoms with Gasteiger partial charge in [-0.1, -0.05) is 0 Å². The summed E-state index contributed by atoms with van der Waals surface area (Å²) in [6.07, 6.45) is 0. The van der Waals surface area contributed by atoms with Gasteiger partial charge in [-0.3, -0.25) is 0 Å². The van der Waals surface area contributed by atoms with Gasteiger partial charge in [-0.05, 0) is 0 Å². The Hall–Kier alpha value is -1.54. The van der Waals surface area contributed by atoms with E-state index < -0.39 is 0 Å². The second-order valence-corrected chi connectivity index (χ2v) is 3.81. The molecule has 0 aliphatic carbocycles. The summed E-state index contributed by atoms with van der Waals surface area (Å²) in [5, 5.41) is 0. The van der Waals surface area contributed by atoms with Gasteiger partial charge in [-0.25, -0.2) is 0 Å². The van der Waals surface area contributed by atoms with Crippen LogP contribution in [0.1, 0.15) is 0 Å². The molecule has 6 nitrogen and oxygen atoms in total. The quantitative estimate of drug-likeness (QED) is 0.447. The summed E-state index contributed by atoms with van der Waals surface area (Å²) in [6, 6.07) is 0. The zero-order valence-electron chi connectivity index (χ0n) is 6.76. The molecular weight excluding hydrogens is 220 g/mol. The molecule has 14 heavy (non-hydrogen) atoms. The van der Waals surface area contributed by atoms with Crippen molar-refractivity contribution in [3.8, 4) is 0 Å². The largest absolute Gasteiger partial charge is 0.395 e. The van der Waals surface area contributed by atoms with Gasteiger partial charge in [0.1, 0.15) is 22.4 Å². The lowest BCUT2D eigenvalue weighted by atomic mass is 10.1. The van der Waals surface area contributed by atoms with Gasteiger partial charge in [0, 0.05) is 0 Å². The molecule has 0 unspecified atom stereocenters. The maximum Gasteiger partial charge on any atom is 0.132 e. The molecule has 0 atom stereocenters. The maximum atomic E-state index is 5.87. The van der Waals surface area contributed by atoms with E-state index in [0.29, 0.717) is 33.8 Å². The van der Waals surface area contributed by atoms with Crippen LogP contribution in [0.5, 0.6) is 0 Å². The van der Waals surface area contributed by atoms with Gasteiger partial charge < -0.3 is 11.5 Å². The lowest BCUT2D eigenvalue weighted by Gasteiger charge is -2.03. The fourth-order valence-corrected chi connectivity index (χ4v) is 2.46. The van der Waals surface area contributed by atoms with Crippen LogP contribution in [0.25, 0.3) is 11.0 Å².